The molecule has 0 bridgehead atoms. The molecule has 0 fully saturated rings. The van der Waals surface area contributed by atoms with Gasteiger partial charge >= 0.3 is 0 Å². The highest BCUT2D eigenvalue weighted by Crippen LogP contribution is 2.23. The monoisotopic (exact) mass is 230 g/mol. The average molecular weight is 230 g/mol. The van der Waals surface area contributed by atoms with E-state index in [1.165, 1.54) is 6.07 Å². The van der Waals surface area contributed by atoms with Gasteiger partial charge in [-0.15, -0.1) is 0 Å². The zero-order chi connectivity index (χ0) is 12.4. The number of rotatable bonds is 2. The molecule has 0 saturated carbocycles. The van der Waals surface area contributed by atoms with Gasteiger partial charge in [0.1, 0.15) is 5.82 Å². The van der Waals surface area contributed by atoms with Crippen LogP contribution >= 0.6 is 0 Å². The van der Waals surface area contributed by atoms with Crippen LogP contribution < -0.4 is 5.73 Å². The minimum Gasteiger partial charge on any atom is -0.320 e. The smallest absolute Gasteiger partial charge is 0.126 e. The summed E-state index contributed by atoms with van der Waals surface area (Å²) in [4.78, 5) is 4.02. The van der Waals surface area contributed by atoms with Crippen molar-refractivity contribution in [2.75, 3.05) is 0 Å². The molecule has 2 nitrogen and oxygen atoms in total. The molecule has 1 aromatic heterocycles. The third kappa shape index (κ3) is 2.34. The zero-order valence-corrected chi connectivity index (χ0v) is 9.94. The van der Waals surface area contributed by atoms with Crippen molar-refractivity contribution in [3.63, 3.8) is 0 Å². The molecule has 1 heterocycles. The maximum atomic E-state index is 13.5. The van der Waals surface area contributed by atoms with Crippen molar-refractivity contribution in [3.05, 3.63) is 64.7 Å². The number of aryl methyl sites for hydroxylation is 2. The van der Waals surface area contributed by atoms with Crippen molar-refractivity contribution in [2.24, 2.45) is 5.73 Å². The first kappa shape index (κ1) is 11.7. The molecule has 1 unspecified atom stereocenters. The van der Waals surface area contributed by atoms with Crippen LogP contribution in [0.1, 0.15) is 28.3 Å². The summed E-state index contributed by atoms with van der Waals surface area (Å²) in [7, 11) is 0. The number of aromatic nitrogens is 1. The Bertz CT molecular complexity index is 537. The van der Waals surface area contributed by atoms with Crippen molar-refractivity contribution >= 4 is 0 Å². The number of hydrogen-bond acceptors (Lipinski definition) is 2. The molecule has 17 heavy (non-hydrogen) atoms. The summed E-state index contributed by atoms with van der Waals surface area (Å²) >= 11 is 0. The summed E-state index contributed by atoms with van der Waals surface area (Å²) in [6.07, 6.45) is 3.46. The Morgan fingerprint density at radius 3 is 2.59 bits per heavy atom. The van der Waals surface area contributed by atoms with Gasteiger partial charge in [-0.1, -0.05) is 12.1 Å². The first-order valence-corrected chi connectivity index (χ1v) is 5.51. The third-order valence-electron chi connectivity index (χ3n) is 2.95. The highest BCUT2D eigenvalue weighted by Gasteiger charge is 2.12. The Balaban J connectivity index is 2.40. The lowest BCUT2D eigenvalue weighted by Crippen LogP contribution is -2.13. The van der Waals surface area contributed by atoms with Crippen LogP contribution in [0.15, 0.2) is 36.7 Å². The number of halogens is 1. The zero-order valence-electron chi connectivity index (χ0n) is 9.94. The van der Waals surface area contributed by atoms with Crippen LogP contribution in [0.3, 0.4) is 0 Å². The van der Waals surface area contributed by atoms with Crippen molar-refractivity contribution < 1.29 is 4.39 Å². The minimum atomic E-state index is -0.312. The summed E-state index contributed by atoms with van der Waals surface area (Å²) in [5, 5.41) is 0. The standard InChI is InChI=1S/C14H15FN2/c1-9-3-4-11(7-13(9)15)14(16)12-5-6-17-8-10(12)2/h3-8,14H,16H2,1-2H3. The van der Waals surface area contributed by atoms with Gasteiger partial charge in [0, 0.05) is 12.4 Å². The molecule has 0 aliphatic carbocycles. The van der Waals surface area contributed by atoms with Gasteiger partial charge in [-0.25, -0.2) is 4.39 Å². The van der Waals surface area contributed by atoms with Crippen LogP contribution in [0.4, 0.5) is 4.39 Å². The molecule has 1 aromatic carbocycles. The van der Waals surface area contributed by atoms with Gasteiger partial charge in [0.2, 0.25) is 0 Å². The summed E-state index contributed by atoms with van der Waals surface area (Å²) in [5.41, 5.74) is 9.54. The number of hydrogen-bond donors (Lipinski definition) is 1. The second-order valence-corrected chi connectivity index (χ2v) is 4.22. The van der Waals surface area contributed by atoms with Gasteiger partial charge in [0.05, 0.1) is 6.04 Å². The minimum absolute atomic E-state index is 0.218. The first-order valence-electron chi connectivity index (χ1n) is 5.51. The van der Waals surface area contributed by atoms with E-state index in [0.29, 0.717) is 5.56 Å². The lowest BCUT2D eigenvalue weighted by atomic mass is 9.96. The van der Waals surface area contributed by atoms with Crippen LogP contribution in [0.2, 0.25) is 0 Å². The van der Waals surface area contributed by atoms with E-state index in [-0.39, 0.29) is 11.9 Å². The summed E-state index contributed by atoms with van der Waals surface area (Å²) < 4.78 is 13.5. The van der Waals surface area contributed by atoms with Gasteiger partial charge in [-0.3, -0.25) is 4.98 Å². The highest BCUT2D eigenvalue weighted by molar-refractivity contribution is 5.36. The van der Waals surface area contributed by atoms with Crippen LogP contribution in [0.5, 0.6) is 0 Å². The third-order valence-corrected chi connectivity index (χ3v) is 2.95. The van der Waals surface area contributed by atoms with E-state index in [2.05, 4.69) is 4.98 Å². The van der Waals surface area contributed by atoms with E-state index < -0.39 is 0 Å². The van der Waals surface area contributed by atoms with E-state index in [9.17, 15) is 4.39 Å². The topological polar surface area (TPSA) is 38.9 Å². The molecule has 1 atom stereocenters. The Hall–Kier alpha value is -1.74. The second-order valence-electron chi connectivity index (χ2n) is 4.22. The molecule has 2 N–H and O–H groups in total. The molecule has 2 aromatic rings. The molecule has 2 rings (SSSR count). The van der Waals surface area contributed by atoms with E-state index in [1.54, 1.807) is 25.4 Å². The van der Waals surface area contributed by atoms with E-state index in [1.807, 2.05) is 19.1 Å². The average Bonchev–Trinajstić information content (AvgIpc) is 2.32. The predicted octanol–water partition coefficient (Wildman–Crippen LogP) is 2.89. The van der Waals surface area contributed by atoms with Crippen LogP contribution in [0, 0.1) is 19.7 Å². The van der Waals surface area contributed by atoms with Crippen LogP contribution in [-0.2, 0) is 0 Å². The summed E-state index contributed by atoms with van der Waals surface area (Å²) in [5.74, 6) is -0.218. The lowest BCUT2D eigenvalue weighted by Gasteiger charge is -2.15. The molecular formula is C14H15FN2. The van der Waals surface area contributed by atoms with E-state index >= 15 is 0 Å². The van der Waals surface area contributed by atoms with Gasteiger partial charge in [0.25, 0.3) is 0 Å². The molecular weight excluding hydrogens is 215 g/mol. The molecule has 0 amide bonds. The molecule has 0 saturated heterocycles. The molecule has 0 spiro atoms. The fourth-order valence-corrected chi connectivity index (χ4v) is 1.82. The number of nitrogens with zero attached hydrogens (tertiary/aromatic N) is 1. The van der Waals surface area contributed by atoms with Crippen LogP contribution in [-0.4, -0.2) is 4.98 Å². The molecule has 88 valence electrons. The van der Waals surface area contributed by atoms with Gasteiger partial charge in [-0.2, -0.15) is 0 Å². The highest BCUT2D eigenvalue weighted by atomic mass is 19.1. The number of pyridine rings is 1. The van der Waals surface area contributed by atoms with Gasteiger partial charge < -0.3 is 5.73 Å². The quantitative estimate of drug-likeness (QED) is 0.861. The number of nitrogens with two attached hydrogens (primary N) is 1. The van der Waals surface area contributed by atoms with Crippen molar-refractivity contribution in [1.82, 2.24) is 4.98 Å². The number of benzene rings is 1. The molecule has 0 aliphatic rings. The SMILES string of the molecule is Cc1ccc(C(N)c2ccncc2C)cc1F. The Kier molecular flexibility index (Phi) is 3.20. The summed E-state index contributed by atoms with van der Waals surface area (Å²) in [6, 6.07) is 6.68. The van der Waals surface area contributed by atoms with Crippen molar-refractivity contribution in [1.29, 1.82) is 0 Å². The normalized spacial score (nSPS) is 12.5. The Morgan fingerprint density at radius 2 is 1.94 bits per heavy atom. The fraction of sp³-hybridized carbons (Fsp3) is 0.214. The first-order chi connectivity index (χ1) is 8.09. The Labute approximate surface area is 100 Å². The van der Waals surface area contributed by atoms with Gasteiger partial charge in [-0.05, 0) is 48.2 Å². The van der Waals surface area contributed by atoms with Crippen LogP contribution in [0.25, 0.3) is 0 Å². The van der Waals surface area contributed by atoms with E-state index in [0.717, 1.165) is 16.7 Å². The van der Waals surface area contributed by atoms with E-state index in [4.69, 9.17) is 5.73 Å². The fourth-order valence-electron chi connectivity index (χ4n) is 1.82. The Morgan fingerprint density at radius 1 is 1.18 bits per heavy atom. The molecule has 0 aliphatic heterocycles. The molecule has 3 heteroatoms. The molecule has 0 radical (unpaired) electrons. The van der Waals surface area contributed by atoms with Crippen molar-refractivity contribution in [2.45, 2.75) is 19.9 Å². The second kappa shape index (κ2) is 4.63. The maximum absolute atomic E-state index is 13.5. The summed E-state index contributed by atoms with van der Waals surface area (Å²) in [6.45, 7) is 3.69. The lowest BCUT2D eigenvalue weighted by molar-refractivity contribution is 0.614. The maximum Gasteiger partial charge on any atom is 0.126 e. The van der Waals surface area contributed by atoms with Crippen molar-refractivity contribution in [3.8, 4) is 0 Å². The largest absolute Gasteiger partial charge is 0.320 e. The van der Waals surface area contributed by atoms with Gasteiger partial charge in [0.15, 0.2) is 0 Å². The predicted molar refractivity (Wildman–Crippen MR) is 66.1 cm³/mol.